The molecule has 0 amide bonds. The van der Waals surface area contributed by atoms with Crippen molar-refractivity contribution in [2.45, 2.75) is 19.8 Å². The average Bonchev–Trinajstić information content (AvgIpc) is 3.62. The number of anilines is 1. The Labute approximate surface area is 252 Å². The Kier molecular flexibility index (Phi) is 7.74. The van der Waals surface area contributed by atoms with E-state index in [2.05, 4.69) is 9.97 Å². The lowest BCUT2D eigenvalue weighted by molar-refractivity contribution is 0.0989. The summed E-state index contributed by atoms with van der Waals surface area (Å²) in [6.07, 6.45) is 3.10. The number of sulfonamides is 1. The molecule has 0 fully saturated rings. The van der Waals surface area contributed by atoms with Crippen molar-refractivity contribution in [3.05, 3.63) is 90.4 Å². The van der Waals surface area contributed by atoms with Crippen LogP contribution in [0.25, 0.3) is 56.1 Å². The van der Waals surface area contributed by atoms with Gasteiger partial charge >= 0.3 is 0 Å². The number of nitrogens with zero attached hydrogens (tertiary/aromatic N) is 3. The summed E-state index contributed by atoms with van der Waals surface area (Å²) in [5, 5.41) is 10.0. The quantitative estimate of drug-likeness (QED) is 0.166. The molecular formula is C33H28FN3O6S. The maximum absolute atomic E-state index is 13.8. The van der Waals surface area contributed by atoms with Crippen LogP contribution in [0.15, 0.2) is 87.8 Å². The number of pyridine rings is 1. The second-order valence-electron chi connectivity index (χ2n) is 10.3. The fourth-order valence-electron chi connectivity index (χ4n) is 5.22. The fraction of sp³-hybridized carbons (Fsp3) is 0.182. The first-order chi connectivity index (χ1) is 21.2. The van der Waals surface area contributed by atoms with Crippen LogP contribution >= 0.6 is 0 Å². The minimum atomic E-state index is -3.82. The number of benzene rings is 3. The summed E-state index contributed by atoms with van der Waals surface area (Å²) >= 11 is 0. The highest BCUT2D eigenvalue weighted by atomic mass is 32.2. The Morgan fingerprint density at radius 1 is 0.955 bits per heavy atom. The molecule has 0 saturated carbocycles. The van der Waals surface area contributed by atoms with E-state index in [9.17, 15) is 22.7 Å². The molecule has 0 atom stereocenters. The zero-order chi connectivity index (χ0) is 31.0. The lowest BCUT2D eigenvalue weighted by Crippen LogP contribution is -2.31. The summed E-state index contributed by atoms with van der Waals surface area (Å²) in [6.45, 7) is 1.54. The summed E-state index contributed by atoms with van der Waals surface area (Å²) in [7, 11) is -3.82. The van der Waals surface area contributed by atoms with Gasteiger partial charge in [-0.2, -0.15) is 4.98 Å². The van der Waals surface area contributed by atoms with Gasteiger partial charge in [-0.25, -0.2) is 17.8 Å². The van der Waals surface area contributed by atoms with Gasteiger partial charge in [0.05, 0.1) is 17.5 Å². The van der Waals surface area contributed by atoms with Gasteiger partial charge in [-0.15, -0.1) is 0 Å². The number of ketones is 1. The number of Topliss-reactive ketones (excluding diaryl/α,β-unsaturated/α-hetero) is 1. The van der Waals surface area contributed by atoms with Crippen LogP contribution in [0.5, 0.6) is 0 Å². The van der Waals surface area contributed by atoms with E-state index >= 15 is 0 Å². The van der Waals surface area contributed by atoms with E-state index < -0.39 is 15.8 Å². The second-order valence-corrected chi connectivity index (χ2v) is 12.2. The Bertz CT molecular complexity index is 2090. The number of aliphatic hydroxyl groups is 1. The van der Waals surface area contributed by atoms with Gasteiger partial charge < -0.3 is 13.9 Å². The number of halogens is 1. The molecule has 3 aromatic carbocycles. The van der Waals surface area contributed by atoms with E-state index in [1.54, 1.807) is 43.5 Å². The molecule has 1 N–H and O–H groups in total. The number of carbonyl (C=O) groups is 1. The van der Waals surface area contributed by atoms with Gasteiger partial charge in [-0.3, -0.25) is 9.10 Å². The molecule has 0 bridgehead atoms. The second kappa shape index (κ2) is 11.7. The first-order valence-electron chi connectivity index (χ1n) is 14.0. The van der Waals surface area contributed by atoms with Crippen molar-refractivity contribution in [2.75, 3.05) is 23.7 Å². The summed E-state index contributed by atoms with van der Waals surface area (Å²) in [5.74, 6) is -0.00837. The number of aromatic nitrogens is 2. The molecule has 0 spiro atoms. The molecule has 0 saturated heterocycles. The molecule has 44 heavy (non-hydrogen) atoms. The summed E-state index contributed by atoms with van der Waals surface area (Å²) < 4.78 is 53.4. The molecule has 11 heteroatoms. The fourth-order valence-corrected chi connectivity index (χ4v) is 6.19. The Balaban J connectivity index is 1.62. The number of aliphatic hydroxyl groups excluding tert-OH is 1. The van der Waals surface area contributed by atoms with Gasteiger partial charge in [0.1, 0.15) is 17.2 Å². The first-order valence-corrected chi connectivity index (χ1v) is 15.8. The molecule has 0 radical (unpaired) electrons. The summed E-state index contributed by atoms with van der Waals surface area (Å²) in [4.78, 5) is 22.1. The van der Waals surface area contributed by atoms with Gasteiger partial charge in [0.15, 0.2) is 17.0 Å². The van der Waals surface area contributed by atoms with Crippen LogP contribution in [-0.4, -0.2) is 48.7 Å². The number of oxazole rings is 1. The van der Waals surface area contributed by atoms with Crippen molar-refractivity contribution in [3.63, 3.8) is 0 Å². The summed E-state index contributed by atoms with van der Waals surface area (Å²) in [5.41, 5.74) is 4.18. The third-order valence-electron chi connectivity index (χ3n) is 7.29. The number of hydrogen-bond donors (Lipinski definition) is 1. The number of carbonyl (C=O) groups excluding carboxylic acids is 1. The Morgan fingerprint density at radius 2 is 1.73 bits per heavy atom. The van der Waals surface area contributed by atoms with Crippen molar-refractivity contribution >= 4 is 43.7 Å². The maximum Gasteiger partial charge on any atom is 0.232 e. The standard InChI is InChI=1S/C33H28FN3O6S/c1-3-27(39)30-25-18-24(21-7-4-8-22(17-21)33-36-32-28(43-33)9-5-14-35-32)26(37(15-6-16-38)44(2,40)41)19-29(25)42-31(30)20-10-12-23(34)13-11-20/h4-5,7-14,17-19,38H,3,6,15-16H2,1-2H3. The van der Waals surface area contributed by atoms with Gasteiger partial charge in [0, 0.05) is 53.9 Å². The molecule has 3 heterocycles. The molecule has 9 nitrogen and oxygen atoms in total. The maximum atomic E-state index is 13.8. The van der Waals surface area contributed by atoms with Crippen LogP contribution in [0.1, 0.15) is 30.1 Å². The van der Waals surface area contributed by atoms with Gasteiger partial charge in [0.25, 0.3) is 0 Å². The van der Waals surface area contributed by atoms with Crippen LogP contribution in [0.2, 0.25) is 0 Å². The normalized spacial score (nSPS) is 11.8. The topological polar surface area (TPSA) is 127 Å². The highest BCUT2D eigenvalue weighted by Gasteiger charge is 2.27. The molecule has 6 rings (SSSR count). The van der Waals surface area contributed by atoms with E-state index in [0.29, 0.717) is 61.6 Å². The van der Waals surface area contributed by atoms with Gasteiger partial charge in [-0.05, 0) is 66.6 Å². The molecule has 6 aromatic rings. The number of rotatable bonds is 10. The first kappa shape index (κ1) is 29.2. The van der Waals surface area contributed by atoms with E-state index in [1.807, 2.05) is 18.2 Å². The van der Waals surface area contributed by atoms with Crippen LogP contribution in [0, 0.1) is 5.82 Å². The van der Waals surface area contributed by atoms with E-state index in [-0.39, 0.29) is 37.5 Å². The third kappa shape index (κ3) is 5.47. The highest BCUT2D eigenvalue weighted by Crippen LogP contribution is 2.43. The molecule has 0 aliphatic rings. The molecule has 3 aromatic heterocycles. The largest absolute Gasteiger partial charge is 0.455 e. The minimum absolute atomic E-state index is 0.0105. The van der Waals surface area contributed by atoms with Gasteiger partial charge in [-0.1, -0.05) is 19.1 Å². The van der Waals surface area contributed by atoms with Gasteiger partial charge in [0.2, 0.25) is 15.9 Å². The molecular weight excluding hydrogens is 585 g/mol. The molecule has 0 aliphatic heterocycles. The van der Waals surface area contributed by atoms with Crippen molar-refractivity contribution in [1.29, 1.82) is 0 Å². The smallest absolute Gasteiger partial charge is 0.232 e. The zero-order valence-corrected chi connectivity index (χ0v) is 24.8. The van der Waals surface area contributed by atoms with Crippen molar-refractivity contribution in [3.8, 4) is 33.9 Å². The van der Waals surface area contributed by atoms with Crippen molar-refractivity contribution in [1.82, 2.24) is 9.97 Å². The molecule has 0 aliphatic carbocycles. The SMILES string of the molecule is CCC(=O)c1c(-c2ccc(F)cc2)oc2cc(N(CCCO)S(C)(=O)=O)c(-c3cccc(-c4nc5ncccc5o4)c3)cc12. The number of furan rings is 1. The minimum Gasteiger partial charge on any atom is -0.455 e. The number of hydrogen-bond acceptors (Lipinski definition) is 8. The lowest BCUT2D eigenvalue weighted by atomic mass is 9.95. The van der Waals surface area contributed by atoms with Crippen LogP contribution in [0.3, 0.4) is 0 Å². The molecule has 0 unspecified atom stereocenters. The zero-order valence-electron chi connectivity index (χ0n) is 24.0. The predicted molar refractivity (Wildman–Crippen MR) is 166 cm³/mol. The van der Waals surface area contributed by atoms with Crippen LogP contribution in [0.4, 0.5) is 10.1 Å². The van der Waals surface area contributed by atoms with E-state index in [4.69, 9.17) is 8.83 Å². The predicted octanol–water partition coefficient (Wildman–Crippen LogP) is 6.85. The van der Waals surface area contributed by atoms with E-state index in [0.717, 1.165) is 6.26 Å². The summed E-state index contributed by atoms with van der Waals surface area (Å²) in [6, 6.07) is 19.8. The van der Waals surface area contributed by atoms with E-state index in [1.165, 1.54) is 28.6 Å². The number of fused-ring (bicyclic) bond motifs is 2. The Hall–Kier alpha value is -4.87. The van der Waals surface area contributed by atoms with Crippen molar-refractivity contribution in [2.24, 2.45) is 0 Å². The third-order valence-corrected chi connectivity index (χ3v) is 8.47. The monoisotopic (exact) mass is 613 g/mol. The molecule has 224 valence electrons. The van der Waals surface area contributed by atoms with Crippen LogP contribution < -0.4 is 4.31 Å². The van der Waals surface area contributed by atoms with Crippen molar-refractivity contribution < 1.29 is 31.5 Å². The highest BCUT2D eigenvalue weighted by molar-refractivity contribution is 7.92. The van der Waals surface area contributed by atoms with Crippen LogP contribution in [-0.2, 0) is 10.0 Å². The lowest BCUT2D eigenvalue weighted by Gasteiger charge is -2.25. The average molecular weight is 614 g/mol. The Morgan fingerprint density at radius 3 is 2.43 bits per heavy atom.